The Morgan fingerprint density at radius 3 is 2.63 bits per heavy atom. The van der Waals surface area contributed by atoms with E-state index in [4.69, 9.17) is 17.3 Å². The van der Waals surface area contributed by atoms with Crippen LogP contribution in [0, 0.1) is 5.82 Å². The van der Waals surface area contributed by atoms with E-state index in [1.54, 1.807) is 5.38 Å². The second-order valence-corrected chi connectivity index (χ2v) is 8.68. The summed E-state index contributed by atoms with van der Waals surface area (Å²) in [6.45, 7) is 3.04. The van der Waals surface area contributed by atoms with Gasteiger partial charge < -0.3 is 16.4 Å². The van der Waals surface area contributed by atoms with Gasteiger partial charge in [0.25, 0.3) is 10.0 Å². The molecule has 2 aromatic rings. The lowest BCUT2D eigenvalue weighted by atomic mass is 10.2. The summed E-state index contributed by atoms with van der Waals surface area (Å²) in [5, 5.41) is 8.22. The van der Waals surface area contributed by atoms with Crippen LogP contribution < -0.4 is 21.1 Å². The fourth-order valence-corrected chi connectivity index (χ4v) is 4.43. The Bertz CT molecular complexity index is 818. The normalized spacial score (nSPS) is 11.5. The van der Waals surface area contributed by atoms with Gasteiger partial charge >= 0.3 is 0 Å². The molecular weight excluding hydrogens is 413 g/mol. The Balaban J connectivity index is 1.90. The van der Waals surface area contributed by atoms with E-state index in [9.17, 15) is 12.8 Å². The summed E-state index contributed by atoms with van der Waals surface area (Å²) < 4.78 is 41.2. The molecule has 0 saturated carbocycles. The minimum absolute atomic E-state index is 0.136. The number of hydrogen-bond acceptors (Lipinski definition) is 7. The van der Waals surface area contributed by atoms with Gasteiger partial charge in [0.05, 0.1) is 10.7 Å². The molecule has 0 saturated heterocycles. The van der Waals surface area contributed by atoms with Crippen LogP contribution in [0.25, 0.3) is 0 Å². The largest absolute Gasteiger partial charge is 0.384 e. The molecule has 1 aromatic heterocycles. The molecule has 11 heteroatoms. The van der Waals surface area contributed by atoms with Crippen molar-refractivity contribution in [3.63, 3.8) is 0 Å². The van der Waals surface area contributed by atoms with Crippen molar-refractivity contribution < 1.29 is 12.8 Å². The van der Waals surface area contributed by atoms with Crippen molar-refractivity contribution in [3.05, 3.63) is 34.5 Å². The monoisotopic (exact) mass is 435 g/mol. The molecule has 0 atom stereocenters. The highest BCUT2D eigenvalue weighted by Crippen LogP contribution is 2.29. The molecule has 0 aliphatic heterocycles. The predicted octanol–water partition coefficient (Wildman–Crippen LogP) is 2.87. The highest BCUT2D eigenvalue weighted by Gasteiger charge is 2.22. The van der Waals surface area contributed by atoms with Crippen LogP contribution in [0.5, 0.6) is 0 Å². The SMILES string of the molecule is NCCCNCCCCNc1cc(F)c(S(=O)(=O)Nc2nccs2)cc1Cl. The number of nitrogens with two attached hydrogens (primary N) is 1. The highest BCUT2D eigenvalue weighted by atomic mass is 35.5. The first-order valence-electron chi connectivity index (χ1n) is 8.50. The lowest BCUT2D eigenvalue weighted by molar-refractivity contribution is 0.570. The summed E-state index contributed by atoms with van der Waals surface area (Å²) >= 11 is 7.23. The Labute approximate surface area is 167 Å². The first kappa shape index (κ1) is 21.8. The van der Waals surface area contributed by atoms with Crippen LogP contribution in [0.4, 0.5) is 15.2 Å². The number of sulfonamides is 1. The third-order valence-electron chi connectivity index (χ3n) is 3.62. The van der Waals surface area contributed by atoms with E-state index in [1.165, 1.54) is 6.20 Å². The molecule has 0 aliphatic rings. The van der Waals surface area contributed by atoms with Crippen LogP contribution in [0.2, 0.25) is 5.02 Å². The molecule has 0 bridgehead atoms. The van der Waals surface area contributed by atoms with Crippen LogP contribution in [-0.4, -0.2) is 39.6 Å². The standard InChI is InChI=1S/C16H23ClFN5O2S2/c17-12-10-15(27(24,25)23-16-22-8-9-26-16)13(18)11-14(12)21-7-2-1-5-20-6-3-4-19/h8-11,20-21H,1-7,19H2,(H,22,23). The van der Waals surface area contributed by atoms with Crippen molar-refractivity contribution in [2.45, 2.75) is 24.2 Å². The van der Waals surface area contributed by atoms with Gasteiger partial charge in [0.1, 0.15) is 10.7 Å². The maximum Gasteiger partial charge on any atom is 0.266 e. The van der Waals surface area contributed by atoms with E-state index in [-0.39, 0.29) is 10.2 Å². The molecule has 7 nitrogen and oxygen atoms in total. The van der Waals surface area contributed by atoms with Gasteiger partial charge in [0.2, 0.25) is 0 Å². The number of unbranched alkanes of at least 4 members (excludes halogenated alkanes) is 1. The molecule has 1 heterocycles. The zero-order chi connectivity index (χ0) is 19.7. The molecule has 0 radical (unpaired) electrons. The van der Waals surface area contributed by atoms with Gasteiger partial charge in [-0.05, 0) is 51.0 Å². The minimum atomic E-state index is -4.10. The maximum absolute atomic E-state index is 14.3. The smallest absolute Gasteiger partial charge is 0.266 e. The molecule has 0 aliphatic carbocycles. The fraction of sp³-hybridized carbons (Fsp3) is 0.438. The summed E-state index contributed by atoms with van der Waals surface area (Å²) in [6, 6.07) is 2.20. The molecule has 0 unspecified atom stereocenters. The first-order chi connectivity index (χ1) is 12.9. The van der Waals surface area contributed by atoms with Crippen molar-refractivity contribution >= 4 is 43.8 Å². The quantitative estimate of drug-likeness (QED) is 0.382. The Morgan fingerprint density at radius 1 is 1.19 bits per heavy atom. The van der Waals surface area contributed by atoms with E-state index in [0.29, 0.717) is 18.8 Å². The number of nitrogens with one attached hydrogen (secondary N) is 3. The number of thiazole rings is 1. The van der Waals surface area contributed by atoms with Gasteiger partial charge in [-0.3, -0.25) is 4.72 Å². The second-order valence-electron chi connectivity index (χ2n) is 5.73. The average Bonchev–Trinajstić information content (AvgIpc) is 3.11. The Kier molecular flexibility index (Phi) is 8.71. The molecule has 5 N–H and O–H groups in total. The predicted molar refractivity (Wildman–Crippen MR) is 109 cm³/mol. The molecule has 150 valence electrons. The maximum atomic E-state index is 14.3. The number of rotatable bonds is 12. The van der Waals surface area contributed by atoms with Gasteiger partial charge in [0.15, 0.2) is 5.13 Å². The van der Waals surface area contributed by atoms with Crippen molar-refractivity contribution in [2.75, 3.05) is 36.2 Å². The zero-order valence-electron chi connectivity index (χ0n) is 14.7. The topological polar surface area (TPSA) is 109 Å². The van der Waals surface area contributed by atoms with Gasteiger partial charge in [0, 0.05) is 18.1 Å². The minimum Gasteiger partial charge on any atom is -0.384 e. The molecule has 0 fully saturated rings. The van der Waals surface area contributed by atoms with Crippen molar-refractivity contribution in [1.29, 1.82) is 0 Å². The summed E-state index contributed by atoms with van der Waals surface area (Å²) in [6.07, 6.45) is 4.20. The number of nitrogens with zero attached hydrogens (tertiary/aromatic N) is 1. The zero-order valence-corrected chi connectivity index (χ0v) is 17.1. The van der Waals surface area contributed by atoms with Gasteiger partial charge in [-0.1, -0.05) is 11.6 Å². The number of anilines is 2. The Hall–Kier alpha value is -1.46. The third kappa shape index (κ3) is 6.89. The van der Waals surface area contributed by atoms with E-state index >= 15 is 0 Å². The molecule has 1 aromatic carbocycles. The van der Waals surface area contributed by atoms with Crippen LogP contribution >= 0.6 is 22.9 Å². The highest BCUT2D eigenvalue weighted by molar-refractivity contribution is 7.93. The number of hydrogen-bond donors (Lipinski definition) is 4. The average molecular weight is 436 g/mol. The summed E-state index contributed by atoms with van der Waals surface area (Å²) in [5.74, 6) is -0.880. The fourth-order valence-electron chi connectivity index (χ4n) is 2.26. The molecule has 27 heavy (non-hydrogen) atoms. The number of benzene rings is 1. The second kappa shape index (κ2) is 10.8. The van der Waals surface area contributed by atoms with Gasteiger partial charge in [-0.25, -0.2) is 17.8 Å². The van der Waals surface area contributed by atoms with Crippen molar-refractivity contribution in [2.24, 2.45) is 5.73 Å². The van der Waals surface area contributed by atoms with Crippen LogP contribution in [0.1, 0.15) is 19.3 Å². The van der Waals surface area contributed by atoms with Crippen LogP contribution in [0.3, 0.4) is 0 Å². The van der Waals surface area contributed by atoms with Crippen LogP contribution in [0.15, 0.2) is 28.6 Å². The molecule has 0 spiro atoms. The Morgan fingerprint density at radius 2 is 1.93 bits per heavy atom. The summed E-state index contributed by atoms with van der Waals surface area (Å²) in [7, 11) is -4.10. The van der Waals surface area contributed by atoms with E-state index < -0.39 is 20.7 Å². The van der Waals surface area contributed by atoms with Gasteiger partial charge in [-0.15, -0.1) is 11.3 Å². The van der Waals surface area contributed by atoms with Gasteiger partial charge in [-0.2, -0.15) is 0 Å². The van der Waals surface area contributed by atoms with E-state index in [2.05, 4.69) is 20.3 Å². The third-order valence-corrected chi connectivity index (χ3v) is 6.10. The number of aromatic nitrogens is 1. The lowest BCUT2D eigenvalue weighted by Gasteiger charge is -2.12. The first-order valence-corrected chi connectivity index (χ1v) is 11.2. The van der Waals surface area contributed by atoms with Crippen LogP contribution in [-0.2, 0) is 10.0 Å². The molecule has 2 rings (SSSR count). The van der Waals surface area contributed by atoms with Crippen molar-refractivity contribution in [3.8, 4) is 0 Å². The number of halogens is 2. The van der Waals surface area contributed by atoms with Crippen molar-refractivity contribution in [1.82, 2.24) is 10.3 Å². The van der Waals surface area contributed by atoms with E-state index in [0.717, 1.165) is 55.8 Å². The van der Waals surface area contributed by atoms with E-state index in [1.807, 2.05) is 0 Å². The lowest BCUT2D eigenvalue weighted by Crippen LogP contribution is -2.20. The summed E-state index contributed by atoms with van der Waals surface area (Å²) in [4.78, 5) is 3.31. The molecule has 0 amide bonds. The summed E-state index contributed by atoms with van der Waals surface area (Å²) in [5.41, 5.74) is 5.78. The molecular formula is C16H23ClFN5O2S2.